The van der Waals surface area contributed by atoms with E-state index in [9.17, 15) is 0 Å². The zero-order valence-corrected chi connectivity index (χ0v) is 13.0. The number of nitrogens with one attached hydrogen (secondary N) is 1. The van der Waals surface area contributed by atoms with Crippen molar-refractivity contribution in [3.05, 3.63) is 35.0 Å². The van der Waals surface area contributed by atoms with Crippen molar-refractivity contribution >= 4 is 10.9 Å². The maximum Gasteiger partial charge on any atom is 0.0459 e. The summed E-state index contributed by atoms with van der Waals surface area (Å²) in [7, 11) is 0. The molecule has 2 aromatic rings. The molecule has 0 aliphatic heterocycles. The van der Waals surface area contributed by atoms with Gasteiger partial charge in [0.05, 0.1) is 0 Å². The Labute approximate surface area is 116 Å². The summed E-state index contributed by atoms with van der Waals surface area (Å²) in [5.74, 6) is 0. The first-order valence-corrected chi connectivity index (χ1v) is 7.00. The number of nitrogens with two attached hydrogens (primary N) is 1. The van der Waals surface area contributed by atoms with Crippen molar-refractivity contribution < 1.29 is 0 Å². The third-order valence-corrected chi connectivity index (χ3v) is 4.04. The van der Waals surface area contributed by atoms with E-state index in [0.717, 1.165) is 0 Å². The van der Waals surface area contributed by atoms with E-state index in [2.05, 4.69) is 64.7 Å². The fourth-order valence-corrected chi connectivity index (χ4v) is 2.77. The molecule has 2 rings (SSSR count). The summed E-state index contributed by atoms with van der Waals surface area (Å²) in [5.41, 5.74) is 11.3. The van der Waals surface area contributed by atoms with Gasteiger partial charge in [-0.2, -0.15) is 0 Å². The van der Waals surface area contributed by atoms with Crippen LogP contribution in [0, 0.1) is 6.92 Å². The SMILES string of the molecule is Cc1[nH]c2ccc(C(C)(C)C)cc2c1C(C)(C)CN. The van der Waals surface area contributed by atoms with Gasteiger partial charge in [0.2, 0.25) is 0 Å². The van der Waals surface area contributed by atoms with E-state index >= 15 is 0 Å². The minimum Gasteiger partial charge on any atom is -0.358 e. The van der Waals surface area contributed by atoms with Crippen LogP contribution in [0.5, 0.6) is 0 Å². The molecule has 0 unspecified atom stereocenters. The van der Waals surface area contributed by atoms with Crippen LogP contribution in [0.1, 0.15) is 51.4 Å². The summed E-state index contributed by atoms with van der Waals surface area (Å²) < 4.78 is 0. The molecule has 0 bridgehead atoms. The summed E-state index contributed by atoms with van der Waals surface area (Å²) in [5, 5.41) is 1.32. The third kappa shape index (κ3) is 2.42. The van der Waals surface area contributed by atoms with E-state index in [0.29, 0.717) is 6.54 Å². The van der Waals surface area contributed by atoms with Crippen molar-refractivity contribution in [3.8, 4) is 0 Å². The van der Waals surface area contributed by atoms with Gasteiger partial charge in [-0.1, -0.05) is 40.7 Å². The first kappa shape index (κ1) is 14.1. The van der Waals surface area contributed by atoms with E-state index in [1.807, 2.05) is 0 Å². The highest BCUT2D eigenvalue weighted by molar-refractivity contribution is 5.86. The molecule has 0 radical (unpaired) electrons. The summed E-state index contributed by atoms with van der Waals surface area (Å²) in [6, 6.07) is 6.74. The van der Waals surface area contributed by atoms with Crippen molar-refractivity contribution in [2.45, 2.75) is 52.4 Å². The van der Waals surface area contributed by atoms with Gasteiger partial charge in [0.25, 0.3) is 0 Å². The Bertz CT molecular complexity index is 597. The lowest BCUT2D eigenvalue weighted by molar-refractivity contribution is 0.540. The molecule has 0 saturated heterocycles. The van der Waals surface area contributed by atoms with Crippen LogP contribution in [-0.4, -0.2) is 11.5 Å². The topological polar surface area (TPSA) is 41.8 Å². The Kier molecular flexibility index (Phi) is 3.26. The van der Waals surface area contributed by atoms with Crippen molar-refractivity contribution in [2.24, 2.45) is 5.73 Å². The Morgan fingerprint density at radius 1 is 1.11 bits per heavy atom. The number of hydrogen-bond acceptors (Lipinski definition) is 1. The first-order valence-electron chi connectivity index (χ1n) is 7.00. The van der Waals surface area contributed by atoms with Crippen molar-refractivity contribution in [1.82, 2.24) is 4.98 Å². The van der Waals surface area contributed by atoms with Crippen LogP contribution in [0.2, 0.25) is 0 Å². The highest BCUT2D eigenvalue weighted by Gasteiger charge is 2.26. The van der Waals surface area contributed by atoms with Gasteiger partial charge in [0.15, 0.2) is 0 Å². The van der Waals surface area contributed by atoms with Crippen LogP contribution in [0.4, 0.5) is 0 Å². The molecule has 19 heavy (non-hydrogen) atoms. The second kappa shape index (κ2) is 4.38. The minimum atomic E-state index is -0.00115. The summed E-state index contributed by atoms with van der Waals surface area (Å²) in [4.78, 5) is 3.49. The lowest BCUT2D eigenvalue weighted by Gasteiger charge is -2.24. The van der Waals surface area contributed by atoms with E-state index in [1.54, 1.807) is 0 Å². The van der Waals surface area contributed by atoms with Gasteiger partial charge in [-0.25, -0.2) is 0 Å². The highest BCUT2D eigenvalue weighted by atomic mass is 14.7. The second-order valence-corrected chi connectivity index (χ2v) is 7.22. The van der Waals surface area contributed by atoms with Crippen LogP contribution in [0.15, 0.2) is 18.2 Å². The largest absolute Gasteiger partial charge is 0.358 e. The Hall–Kier alpha value is -1.28. The molecule has 0 atom stereocenters. The summed E-state index contributed by atoms with van der Waals surface area (Å²) in [6.07, 6.45) is 0. The van der Waals surface area contributed by atoms with Gasteiger partial charge in [-0.3, -0.25) is 0 Å². The number of aromatic nitrogens is 1. The predicted molar refractivity (Wildman–Crippen MR) is 83.8 cm³/mol. The fraction of sp³-hybridized carbons (Fsp3) is 0.529. The molecule has 104 valence electrons. The number of H-pyrrole nitrogens is 1. The van der Waals surface area contributed by atoms with E-state index in [1.165, 1.54) is 27.7 Å². The van der Waals surface area contributed by atoms with Crippen LogP contribution >= 0.6 is 0 Å². The molecule has 0 amide bonds. The highest BCUT2D eigenvalue weighted by Crippen LogP contribution is 2.35. The zero-order valence-electron chi connectivity index (χ0n) is 13.0. The minimum absolute atomic E-state index is 0.00115. The monoisotopic (exact) mass is 258 g/mol. The number of aromatic amines is 1. The molecule has 0 aliphatic rings. The summed E-state index contributed by atoms with van der Waals surface area (Å²) >= 11 is 0. The fourth-order valence-electron chi connectivity index (χ4n) is 2.77. The van der Waals surface area contributed by atoms with Crippen LogP contribution in [0.3, 0.4) is 0 Å². The third-order valence-electron chi connectivity index (χ3n) is 4.04. The number of rotatable bonds is 2. The number of benzene rings is 1. The molecule has 0 fully saturated rings. The molecular weight excluding hydrogens is 232 g/mol. The van der Waals surface area contributed by atoms with E-state index in [4.69, 9.17) is 5.73 Å². The number of hydrogen-bond donors (Lipinski definition) is 2. The molecule has 1 heterocycles. The molecule has 2 heteroatoms. The first-order chi connectivity index (χ1) is 8.66. The van der Waals surface area contributed by atoms with Crippen LogP contribution < -0.4 is 5.73 Å². The van der Waals surface area contributed by atoms with Gasteiger partial charge in [-0.05, 0) is 35.6 Å². The molecule has 3 N–H and O–H groups in total. The number of fused-ring (bicyclic) bond motifs is 1. The van der Waals surface area contributed by atoms with Crippen molar-refractivity contribution in [3.63, 3.8) is 0 Å². The van der Waals surface area contributed by atoms with Gasteiger partial charge in [0.1, 0.15) is 0 Å². The molecule has 0 saturated carbocycles. The van der Waals surface area contributed by atoms with E-state index in [-0.39, 0.29) is 10.8 Å². The second-order valence-electron chi connectivity index (χ2n) is 7.22. The molecule has 1 aromatic carbocycles. The quantitative estimate of drug-likeness (QED) is 0.839. The van der Waals surface area contributed by atoms with Gasteiger partial charge >= 0.3 is 0 Å². The Morgan fingerprint density at radius 3 is 2.26 bits per heavy atom. The molecule has 0 spiro atoms. The van der Waals surface area contributed by atoms with Gasteiger partial charge in [-0.15, -0.1) is 0 Å². The predicted octanol–water partition coefficient (Wildman–Crippen LogP) is 4.01. The number of aryl methyl sites for hydroxylation is 1. The average Bonchev–Trinajstić information content (AvgIpc) is 2.63. The standard InChI is InChI=1S/C17H26N2/c1-11-15(17(5,6)10-18)13-9-12(16(2,3)4)7-8-14(13)19-11/h7-9,19H,10,18H2,1-6H3. The van der Waals surface area contributed by atoms with Gasteiger partial charge in [0, 0.05) is 28.6 Å². The van der Waals surface area contributed by atoms with E-state index < -0.39 is 0 Å². The Balaban J connectivity index is 2.74. The lowest BCUT2D eigenvalue weighted by Crippen LogP contribution is -2.28. The van der Waals surface area contributed by atoms with Gasteiger partial charge < -0.3 is 10.7 Å². The Morgan fingerprint density at radius 2 is 1.74 bits per heavy atom. The van der Waals surface area contributed by atoms with Crippen molar-refractivity contribution in [1.29, 1.82) is 0 Å². The zero-order chi connectivity index (χ0) is 14.4. The summed E-state index contributed by atoms with van der Waals surface area (Å²) in [6.45, 7) is 14.0. The molecular formula is C17H26N2. The average molecular weight is 258 g/mol. The maximum absolute atomic E-state index is 5.97. The molecule has 0 aliphatic carbocycles. The van der Waals surface area contributed by atoms with Crippen LogP contribution in [-0.2, 0) is 10.8 Å². The normalized spacial score (nSPS) is 13.2. The molecule has 2 nitrogen and oxygen atoms in total. The molecule has 1 aromatic heterocycles. The smallest absolute Gasteiger partial charge is 0.0459 e. The van der Waals surface area contributed by atoms with Crippen molar-refractivity contribution in [2.75, 3.05) is 6.54 Å². The lowest BCUT2D eigenvalue weighted by atomic mass is 9.81. The maximum atomic E-state index is 5.97. The van der Waals surface area contributed by atoms with Crippen LogP contribution in [0.25, 0.3) is 10.9 Å².